The van der Waals surface area contributed by atoms with Crippen molar-refractivity contribution in [1.29, 1.82) is 0 Å². The van der Waals surface area contributed by atoms with Crippen molar-refractivity contribution in [1.82, 2.24) is 19.9 Å². The van der Waals surface area contributed by atoms with E-state index in [9.17, 15) is 5.11 Å². The van der Waals surface area contributed by atoms with Gasteiger partial charge in [0.15, 0.2) is 0 Å². The summed E-state index contributed by atoms with van der Waals surface area (Å²) in [6.45, 7) is 12.6. The highest BCUT2D eigenvalue weighted by Gasteiger charge is 2.55. The van der Waals surface area contributed by atoms with E-state index >= 15 is 0 Å². The summed E-state index contributed by atoms with van der Waals surface area (Å²) >= 11 is 6.84. The summed E-state index contributed by atoms with van der Waals surface area (Å²) < 4.78 is 6.34. The van der Waals surface area contributed by atoms with Crippen LogP contribution in [0.5, 0.6) is 0 Å². The number of aliphatic hydroxyl groups is 1. The second-order valence-electron chi connectivity index (χ2n) is 13.9. The molecule has 7 rings (SSSR count). The first kappa shape index (κ1) is 27.8. The van der Waals surface area contributed by atoms with Gasteiger partial charge in [0.2, 0.25) is 5.95 Å². The highest BCUT2D eigenvalue weighted by Crippen LogP contribution is 2.53. The fourth-order valence-corrected chi connectivity index (χ4v) is 7.56. The molecule has 9 nitrogen and oxygen atoms in total. The largest absolute Gasteiger partial charge is 0.384 e. The van der Waals surface area contributed by atoms with Crippen molar-refractivity contribution in [2.75, 3.05) is 41.9 Å². The predicted molar refractivity (Wildman–Crippen MR) is 166 cm³/mol. The zero-order chi connectivity index (χ0) is 29.6. The Bertz CT molecular complexity index is 1540. The molecule has 0 amide bonds. The van der Waals surface area contributed by atoms with Gasteiger partial charge in [-0.2, -0.15) is 4.98 Å². The molecule has 4 aliphatic rings. The highest BCUT2D eigenvalue weighted by molar-refractivity contribution is 6.33. The van der Waals surface area contributed by atoms with E-state index < -0.39 is 5.60 Å². The lowest BCUT2D eigenvalue weighted by molar-refractivity contribution is -0.0893. The van der Waals surface area contributed by atoms with Crippen LogP contribution in [-0.4, -0.2) is 75.4 Å². The lowest BCUT2D eigenvalue weighted by atomic mass is 9.73. The number of anilines is 5. The van der Waals surface area contributed by atoms with Gasteiger partial charge in [0.05, 0.1) is 34.7 Å². The van der Waals surface area contributed by atoms with Gasteiger partial charge in [-0.1, -0.05) is 24.6 Å². The number of benzene rings is 1. The SMILES string of the molecule is CN1C[C@H]2C[C@@H]1CN2c1ccc(Nc2ncc3c(n2)N(c2cccc(C(C)(C)O)n2)[C@@H]2CC(C)(C)OCC32C)cc1Cl. The molecule has 0 aliphatic carbocycles. The molecule has 3 saturated heterocycles. The number of likely N-dealkylation sites (tertiary alicyclic amines) is 1. The van der Waals surface area contributed by atoms with Crippen LogP contribution in [0.1, 0.15) is 58.7 Å². The number of aromatic nitrogens is 3. The van der Waals surface area contributed by atoms with E-state index in [0.717, 1.165) is 53.1 Å². The zero-order valence-corrected chi connectivity index (χ0v) is 26.0. The van der Waals surface area contributed by atoms with Gasteiger partial charge < -0.3 is 25.0 Å². The van der Waals surface area contributed by atoms with Crippen molar-refractivity contribution in [3.8, 4) is 0 Å². The van der Waals surface area contributed by atoms with Crippen LogP contribution < -0.4 is 15.1 Å². The molecule has 2 bridgehead atoms. The molecule has 6 heterocycles. The molecule has 0 saturated carbocycles. The Hall–Kier alpha value is -2.98. The normalized spacial score (nSPS) is 28.2. The third-order valence-electron chi connectivity index (χ3n) is 9.74. The molecule has 2 aromatic heterocycles. The number of piperazine rings is 1. The summed E-state index contributed by atoms with van der Waals surface area (Å²) in [5.41, 5.74) is 1.89. The zero-order valence-electron chi connectivity index (χ0n) is 25.2. The summed E-state index contributed by atoms with van der Waals surface area (Å²) in [7, 11) is 2.21. The van der Waals surface area contributed by atoms with Crippen LogP contribution in [0.25, 0.3) is 0 Å². The lowest BCUT2D eigenvalue weighted by Gasteiger charge is -2.46. The van der Waals surface area contributed by atoms with Gasteiger partial charge in [-0.25, -0.2) is 9.97 Å². The quantitative estimate of drug-likeness (QED) is 0.408. The molecule has 10 heteroatoms. The summed E-state index contributed by atoms with van der Waals surface area (Å²) in [5, 5.41) is 14.9. The number of pyridine rings is 1. The van der Waals surface area contributed by atoms with E-state index in [1.54, 1.807) is 13.8 Å². The summed E-state index contributed by atoms with van der Waals surface area (Å²) in [6, 6.07) is 13.1. The molecule has 42 heavy (non-hydrogen) atoms. The minimum Gasteiger partial charge on any atom is -0.384 e. The van der Waals surface area contributed by atoms with Crippen LogP contribution in [0.15, 0.2) is 42.6 Å². The number of likely N-dealkylation sites (N-methyl/N-ethyl adjacent to an activating group) is 1. The molecule has 222 valence electrons. The summed E-state index contributed by atoms with van der Waals surface area (Å²) in [4.78, 5) is 21.8. The molecular weight excluding hydrogens is 550 g/mol. The first-order chi connectivity index (χ1) is 19.8. The lowest BCUT2D eigenvalue weighted by Crippen LogP contribution is -2.54. The molecule has 1 aromatic carbocycles. The maximum Gasteiger partial charge on any atom is 0.229 e. The van der Waals surface area contributed by atoms with Crippen molar-refractivity contribution in [3.63, 3.8) is 0 Å². The molecule has 3 aromatic rings. The number of fused-ring (bicyclic) bond motifs is 5. The second-order valence-corrected chi connectivity index (χ2v) is 14.3. The number of hydrogen-bond donors (Lipinski definition) is 2. The van der Waals surface area contributed by atoms with Gasteiger partial charge in [0.25, 0.3) is 0 Å². The van der Waals surface area contributed by atoms with Crippen LogP contribution in [0.4, 0.5) is 29.0 Å². The molecule has 3 fully saturated rings. The average Bonchev–Trinajstić information content (AvgIpc) is 3.57. The van der Waals surface area contributed by atoms with Crippen LogP contribution in [0.2, 0.25) is 5.02 Å². The Labute approximate surface area is 252 Å². The van der Waals surface area contributed by atoms with Crippen molar-refractivity contribution < 1.29 is 9.84 Å². The van der Waals surface area contributed by atoms with Crippen LogP contribution in [0.3, 0.4) is 0 Å². The van der Waals surface area contributed by atoms with Gasteiger partial charge in [-0.15, -0.1) is 0 Å². The van der Waals surface area contributed by atoms with E-state index in [1.165, 1.54) is 6.42 Å². The Balaban J connectivity index is 1.22. The van der Waals surface area contributed by atoms with Crippen molar-refractivity contribution in [3.05, 3.63) is 58.9 Å². The maximum absolute atomic E-state index is 10.7. The predicted octanol–water partition coefficient (Wildman–Crippen LogP) is 5.37. The van der Waals surface area contributed by atoms with Gasteiger partial charge in [-0.05, 0) is 77.9 Å². The van der Waals surface area contributed by atoms with E-state index in [2.05, 4.69) is 60.0 Å². The van der Waals surface area contributed by atoms with Crippen LogP contribution >= 0.6 is 11.6 Å². The summed E-state index contributed by atoms with van der Waals surface area (Å²) in [6.07, 6.45) is 3.91. The van der Waals surface area contributed by atoms with Gasteiger partial charge in [0, 0.05) is 48.0 Å². The average molecular weight is 590 g/mol. The minimum absolute atomic E-state index is 0.0638. The Morgan fingerprint density at radius 3 is 2.60 bits per heavy atom. The fraction of sp³-hybridized carbons (Fsp3) is 0.531. The first-order valence-corrected chi connectivity index (χ1v) is 15.2. The topological polar surface area (TPSA) is 89.9 Å². The second kappa shape index (κ2) is 9.51. The van der Waals surface area contributed by atoms with Crippen LogP contribution in [0, 0.1) is 0 Å². The van der Waals surface area contributed by atoms with Gasteiger partial charge >= 0.3 is 0 Å². The molecule has 0 spiro atoms. The standard InChI is InChI=1S/C32H40ClN7O2/c1-30(2)14-26-32(5,18-42-30)22-15-34-29(37-28(22)40(26)27-9-7-8-25(36-27)31(3,4)41)35-19-10-11-24(23(33)12-19)39-17-20-13-21(39)16-38(20)6/h7-12,15,20-21,26,41H,13-14,16-18H2,1-6H3,(H,34,35,37)/t20-,21-,26-,32?/m1/s1. The number of ether oxygens (including phenoxy) is 1. The molecular formula is C32H40ClN7O2. The number of nitrogens with zero attached hydrogens (tertiary/aromatic N) is 6. The van der Waals surface area contributed by atoms with E-state index in [1.807, 2.05) is 30.5 Å². The third-order valence-corrected chi connectivity index (χ3v) is 10.0. The molecule has 4 aliphatic heterocycles. The number of halogens is 1. The fourth-order valence-electron chi connectivity index (χ4n) is 7.27. The van der Waals surface area contributed by atoms with Crippen molar-refractivity contribution >= 4 is 40.6 Å². The van der Waals surface area contributed by atoms with E-state index in [-0.39, 0.29) is 17.1 Å². The molecule has 0 radical (unpaired) electrons. The smallest absolute Gasteiger partial charge is 0.229 e. The van der Waals surface area contributed by atoms with Crippen molar-refractivity contribution in [2.24, 2.45) is 0 Å². The van der Waals surface area contributed by atoms with Crippen molar-refractivity contribution in [2.45, 2.75) is 82.2 Å². The minimum atomic E-state index is -1.06. The Morgan fingerprint density at radius 1 is 1.10 bits per heavy atom. The Morgan fingerprint density at radius 2 is 1.90 bits per heavy atom. The van der Waals surface area contributed by atoms with E-state index in [4.69, 9.17) is 31.3 Å². The number of hydrogen-bond acceptors (Lipinski definition) is 9. The highest BCUT2D eigenvalue weighted by atomic mass is 35.5. The monoisotopic (exact) mass is 589 g/mol. The number of rotatable bonds is 5. The van der Waals surface area contributed by atoms with E-state index in [0.29, 0.717) is 30.3 Å². The maximum atomic E-state index is 10.7. The molecule has 1 unspecified atom stereocenters. The first-order valence-electron chi connectivity index (χ1n) is 14.9. The van der Waals surface area contributed by atoms with Gasteiger partial charge in [-0.3, -0.25) is 4.90 Å². The molecule has 2 N–H and O–H groups in total. The summed E-state index contributed by atoms with van der Waals surface area (Å²) in [5.74, 6) is 2.05. The molecule has 4 atom stereocenters. The number of nitrogens with one attached hydrogen (secondary N) is 1. The Kier molecular flexibility index (Phi) is 6.30. The van der Waals surface area contributed by atoms with Gasteiger partial charge in [0.1, 0.15) is 17.2 Å². The van der Waals surface area contributed by atoms with Crippen LogP contribution in [-0.2, 0) is 15.8 Å². The third kappa shape index (κ3) is 4.53.